The average molecular weight is 601 g/mol. The third kappa shape index (κ3) is 4.79. The minimum absolute atomic E-state index is 0.115. The maximum atomic E-state index is 16.9. The highest BCUT2D eigenvalue weighted by Crippen LogP contribution is 2.56. The van der Waals surface area contributed by atoms with Gasteiger partial charge in [0, 0.05) is 35.7 Å². The lowest BCUT2D eigenvalue weighted by atomic mass is 9.91. The van der Waals surface area contributed by atoms with Gasteiger partial charge in [0.1, 0.15) is 17.0 Å². The Morgan fingerprint density at radius 1 is 1.20 bits per heavy atom. The van der Waals surface area contributed by atoms with Crippen LogP contribution in [0.4, 0.5) is 15.0 Å². The number of amides is 1. The Kier molecular flexibility index (Phi) is 6.77. The maximum absolute atomic E-state index is 16.9. The van der Waals surface area contributed by atoms with E-state index in [1.807, 2.05) is 13.0 Å². The molecule has 3 atom stereocenters. The molecule has 1 aromatic carbocycles. The number of nitrogens with zero attached hydrogens (tertiary/aromatic N) is 5. The van der Waals surface area contributed by atoms with Crippen LogP contribution in [0.25, 0.3) is 33.1 Å². The molecule has 44 heavy (non-hydrogen) atoms. The van der Waals surface area contributed by atoms with Crippen LogP contribution in [0, 0.1) is 24.1 Å². The predicted molar refractivity (Wildman–Crippen MR) is 163 cm³/mol. The molecule has 4 aliphatic heterocycles. The van der Waals surface area contributed by atoms with Crippen molar-refractivity contribution in [1.82, 2.24) is 35.8 Å². The predicted octanol–water partition coefficient (Wildman–Crippen LogP) is 4.43. The number of alkyl carbamates (subject to hydrolysis) is 1. The first kappa shape index (κ1) is 27.5. The SMILES string of the molecule is Cc1cc2[nH]ncc2c2c1CCCCOC(=O)NC1CCN(C1)c1nc(OCC34CCCNCC3C4)nc3c(F)c-2ncc13. The topological polar surface area (TPSA) is 130 Å². The van der Waals surface area contributed by atoms with Gasteiger partial charge >= 0.3 is 12.1 Å². The summed E-state index contributed by atoms with van der Waals surface area (Å²) in [7, 11) is 0. The molecule has 0 spiro atoms. The summed E-state index contributed by atoms with van der Waals surface area (Å²) in [5.74, 6) is 0.654. The quantitative estimate of drug-likeness (QED) is 0.313. The van der Waals surface area contributed by atoms with Gasteiger partial charge in [-0.2, -0.15) is 15.1 Å². The van der Waals surface area contributed by atoms with Crippen molar-refractivity contribution in [2.75, 3.05) is 44.3 Å². The molecule has 230 valence electrons. The van der Waals surface area contributed by atoms with E-state index in [0.717, 1.165) is 60.8 Å². The largest absolute Gasteiger partial charge is 0.463 e. The molecule has 2 saturated heterocycles. The number of rotatable bonds is 3. The number of carbonyl (C=O) groups excluding carboxylic acids is 1. The van der Waals surface area contributed by atoms with E-state index < -0.39 is 11.9 Å². The first-order valence-electron chi connectivity index (χ1n) is 15.8. The van der Waals surface area contributed by atoms with Gasteiger partial charge in [0.05, 0.1) is 36.4 Å². The molecule has 3 fully saturated rings. The second-order valence-corrected chi connectivity index (χ2v) is 12.9. The summed E-state index contributed by atoms with van der Waals surface area (Å²) >= 11 is 0. The van der Waals surface area contributed by atoms with Crippen molar-refractivity contribution in [2.45, 2.75) is 57.9 Å². The highest BCUT2D eigenvalue weighted by atomic mass is 19.1. The summed E-state index contributed by atoms with van der Waals surface area (Å²) in [6, 6.07) is 2.10. The Bertz CT molecular complexity index is 1760. The smallest absolute Gasteiger partial charge is 0.407 e. The molecule has 6 bridgehead atoms. The number of aromatic nitrogens is 5. The van der Waals surface area contributed by atoms with E-state index in [4.69, 9.17) is 24.4 Å². The van der Waals surface area contributed by atoms with Crippen molar-refractivity contribution in [2.24, 2.45) is 11.3 Å². The number of anilines is 1. The number of carbonyl (C=O) groups is 1. The first-order chi connectivity index (χ1) is 21.5. The molecule has 3 unspecified atom stereocenters. The molecule has 3 N–H and O–H groups in total. The van der Waals surface area contributed by atoms with E-state index in [9.17, 15) is 4.79 Å². The van der Waals surface area contributed by atoms with Crippen LogP contribution in [0.3, 0.4) is 0 Å². The Labute approximate surface area is 254 Å². The fourth-order valence-corrected chi connectivity index (χ4v) is 7.54. The number of H-pyrrole nitrogens is 1. The third-order valence-electron chi connectivity index (χ3n) is 10.1. The Hall–Kier alpha value is -4.06. The Morgan fingerprint density at radius 2 is 2.14 bits per heavy atom. The zero-order chi connectivity index (χ0) is 29.8. The number of fused-ring (bicyclic) bond motifs is 9. The molecule has 3 aromatic heterocycles. The molecular formula is C32H37FN8O3. The number of hydrogen-bond acceptors (Lipinski definition) is 9. The molecule has 12 heteroatoms. The van der Waals surface area contributed by atoms with Crippen LogP contribution in [-0.2, 0) is 11.2 Å². The molecule has 11 nitrogen and oxygen atoms in total. The van der Waals surface area contributed by atoms with Crippen molar-refractivity contribution < 1.29 is 18.7 Å². The van der Waals surface area contributed by atoms with E-state index in [1.54, 1.807) is 12.4 Å². The molecule has 7 heterocycles. The van der Waals surface area contributed by atoms with Gasteiger partial charge in [-0.1, -0.05) is 0 Å². The minimum atomic E-state index is -0.497. The van der Waals surface area contributed by atoms with Gasteiger partial charge in [0.25, 0.3) is 0 Å². The number of hydrogen-bond donors (Lipinski definition) is 3. The Balaban J connectivity index is 1.27. The van der Waals surface area contributed by atoms with E-state index in [-0.39, 0.29) is 28.7 Å². The van der Waals surface area contributed by atoms with Crippen LogP contribution in [0.1, 0.15) is 49.7 Å². The van der Waals surface area contributed by atoms with Crippen molar-refractivity contribution in [3.63, 3.8) is 0 Å². The van der Waals surface area contributed by atoms with Gasteiger partial charge in [-0.15, -0.1) is 0 Å². The summed E-state index contributed by atoms with van der Waals surface area (Å²) < 4.78 is 28.8. The lowest BCUT2D eigenvalue weighted by Crippen LogP contribution is -2.37. The molecule has 1 amide bonds. The monoisotopic (exact) mass is 600 g/mol. The number of benzene rings is 1. The molecule has 1 saturated carbocycles. The zero-order valence-electron chi connectivity index (χ0n) is 24.9. The average Bonchev–Trinajstić information content (AvgIpc) is 3.26. The van der Waals surface area contributed by atoms with Gasteiger partial charge in [-0.3, -0.25) is 10.1 Å². The van der Waals surface area contributed by atoms with Gasteiger partial charge < -0.3 is 25.0 Å². The molecule has 9 rings (SSSR count). The van der Waals surface area contributed by atoms with Gasteiger partial charge in [-0.25, -0.2) is 9.18 Å². The number of aryl methyl sites for hydroxylation is 1. The lowest BCUT2D eigenvalue weighted by molar-refractivity contribution is 0.141. The van der Waals surface area contributed by atoms with Crippen molar-refractivity contribution in [1.29, 1.82) is 0 Å². The summed E-state index contributed by atoms with van der Waals surface area (Å²) in [5.41, 5.74) is 4.10. The fourth-order valence-electron chi connectivity index (χ4n) is 7.54. The second kappa shape index (κ2) is 10.8. The third-order valence-corrected chi connectivity index (χ3v) is 10.1. The molecule has 0 radical (unpaired) electrons. The van der Waals surface area contributed by atoms with Crippen molar-refractivity contribution in [3.8, 4) is 17.3 Å². The standard InChI is InChI=1S/C32H37FN8O3/c1-18-11-24-22(15-36-40-24)25-21(18)5-2-3-10-43-31(42)37-20-6-9-41(16-20)29-23-14-35-28(25)26(33)27(23)38-30(39-29)44-17-32-7-4-8-34-13-19(32)12-32/h11,14-15,19-20,34H,2-10,12-13,16-17H2,1H3,(H,36,40)(H,37,42). The molecular weight excluding hydrogens is 563 g/mol. The van der Waals surface area contributed by atoms with Crippen LogP contribution in [0.15, 0.2) is 18.5 Å². The minimum Gasteiger partial charge on any atom is -0.463 e. The van der Waals surface area contributed by atoms with Gasteiger partial charge in [0.2, 0.25) is 0 Å². The van der Waals surface area contributed by atoms with Crippen molar-refractivity contribution in [3.05, 3.63) is 35.4 Å². The van der Waals surface area contributed by atoms with Crippen LogP contribution in [0.2, 0.25) is 0 Å². The summed E-state index contributed by atoms with van der Waals surface area (Å²) in [6.07, 6.45) is 9.16. The number of nitrogens with one attached hydrogen (secondary N) is 3. The number of pyridine rings is 1. The highest BCUT2D eigenvalue weighted by Gasteiger charge is 2.54. The summed E-state index contributed by atoms with van der Waals surface area (Å²) in [4.78, 5) is 28.9. The maximum Gasteiger partial charge on any atom is 0.407 e. The van der Waals surface area contributed by atoms with Crippen LogP contribution in [-0.4, -0.2) is 76.7 Å². The zero-order valence-corrected chi connectivity index (χ0v) is 24.9. The van der Waals surface area contributed by atoms with E-state index in [1.165, 1.54) is 0 Å². The lowest BCUT2D eigenvalue weighted by Gasteiger charge is -2.22. The number of halogens is 1. The number of ether oxygens (including phenoxy) is 2. The van der Waals surface area contributed by atoms with Gasteiger partial charge in [-0.05, 0) is 88.1 Å². The van der Waals surface area contributed by atoms with E-state index in [0.29, 0.717) is 68.3 Å². The van der Waals surface area contributed by atoms with E-state index >= 15 is 4.39 Å². The summed E-state index contributed by atoms with van der Waals surface area (Å²) in [6.45, 7) is 6.02. The van der Waals surface area contributed by atoms with Crippen molar-refractivity contribution >= 4 is 33.7 Å². The fraction of sp³-hybridized carbons (Fsp3) is 0.531. The number of aromatic amines is 1. The van der Waals surface area contributed by atoms with Crippen LogP contribution >= 0.6 is 0 Å². The molecule has 5 aliphatic rings. The van der Waals surface area contributed by atoms with Gasteiger partial charge in [0.15, 0.2) is 5.82 Å². The Morgan fingerprint density at radius 3 is 3.07 bits per heavy atom. The summed E-state index contributed by atoms with van der Waals surface area (Å²) in [5, 5.41) is 15.1. The molecule has 4 aromatic rings. The van der Waals surface area contributed by atoms with Crippen LogP contribution in [0.5, 0.6) is 6.01 Å². The van der Waals surface area contributed by atoms with E-state index in [2.05, 4.69) is 25.7 Å². The second-order valence-electron chi connectivity index (χ2n) is 12.9. The molecule has 1 aliphatic carbocycles. The first-order valence-corrected chi connectivity index (χ1v) is 15.8. The van der Waals surface area contributed by atoms with Crippen LogP contribution < -0.4 is 20.3 Å². The normalized spacial score (nSPS) is 25.3. The highest BCUT2D eigenvalue weighted by molar-refractivity contribution is 5.99.